The van der Waals surface area contributed by atoms with Gasteiger partial charge in [-0.05, 0) is 57.3 Å². The van der Waals surface area contributed by atoms with E-state index < -0.39 is 0 Å². The summed E-state index contributed by atoms with van der Waals surface area (Å²) in [4.78, 5) is 12.1. The molecule has 1 aromatic rings. The monoisotopic (exact) mass is 312 g/mol. The van der Waals surface area contributed by atoms with E-state index in [9.17, 15) is 4.79 Å². The van der Waals surface area contributed by atoms with Gasteiger partial charge in [-0.25, -0.2) is 0 Å². The number of anilines is 1. The van der Waals surface area contributed by atoms with Gasteiger partial charge >= 0.3 is 0 Å². The first-order valence-corrected chi connectivity index (χ1v) is 7.26. The number of hydrogen-bond acceptors (Lipinski definition) is 3. The van der Waals surface area contributed by atoms with Crippen LogP contribution >= 0.6 is 12.4 Å². The molecule has 118 valence electrons. The summed E-state index contributed by atoms with van der Waals surface area (Å²) < 4.78 is 5.39. The SMILES string of the molecule is COc1c(C)ccc(NC(=O)CC2CCNCC2)c1C.Cl. The maximum Gasteiger partial charge on any atom is 0.224 e. The van der Waals surface area contributed by atoms with E-state index in [4.69, 9.17) is 4.74 Å². The molecule has 1 saturated heterocycles. The van der Waals surface area contributed by atoms with E-state index in [0.717, 1.165) is 48.5 Å². The number of halogens is 1. The summed E-state index contributed by atoms with van der Waals surface area (Å²) in [6.07, 6.45) is 2.78. The summed E-state index contributed by atoms with van der Waals surface area (Å²) in [6, 6.07) is 3.93. The highest BCUT2D eigenvalue weighted by atomic mass is 35.5. The van der Waals surface area contributed by atoms with Crippen LogP contribution in [-0.2, 0) is 4.79 Å². The van der Waals surface area contributed by atoms with Gasteiger partial charge in [0.05, 0.1) is 7.11 Å². The number of carbonyl (C=O) groups excluding carboxylic acids is 1. The van der Waals surface area contributed by atoms with Crippen molar-refractivity contribution in [1.29, 1.82) is 0 Å². The van der Waals surface area contributed by atoms with Gasteiger partial charge in [-0.1, -0.05) is 6.07 Å². The first-order chi connectivity index (χ1) is 9.61. The van der Waals surface area contributed by atoms with E-state index in [2.05, 4.69) is 10.6 Å². The molecular weight excluding hydrogens is 288 g/mol. The molecule has 0 unspecified atom stereocenters. The molecule has 1 fully saturated rings. The zero-order valence-electron chi connectivity index (χ0n) is 13.0. The number of rotatable bonds is 4. The van der Waals surface area contributed by atoms with Crippen molar-refractivity contribution in [2.24, 2.45) is 5.92 Å². The van der Waals surface area contributed by atoms with Gasteiger partial charge in [0.15, 0.2) is 0 Å². The Kier molecular flexibility index (Phi) is 6.99. The zero-order valence-corrected chi connectivity index (χ0v) is 13.8. The first-order valence-electron chi connectivity index (χ1n) is 7.26. The Balaban J connectivity index is 0.00000220. The largest absolute Gasteiger partial charge is 0.496 e. The number of nitrogens with one attached hydrogen (secondary N) is 2. The van der Waals surface area contributed by atoms with Crippen molar-refractivity contribution in [3.8, 4) is 5.75 Å². The molecule has 1 aromatic carbocycles. The van der Waals surface area contributed by atoms with Gasteiger partial charge in [-0.3, -0.25) is 4.79 Å². The molecule has 2 N–H and O–H groups in total. The minimum atomic E-state index is 0. The molecule has 4 nitrogen and oxygen atoms in total. The van der Waals surface area contributed by atoms with E-state index in [1.165, 1.54) is 0 Å². The quantitative estimate of drug-likeness (QED) is 0.898. The van der Waals surface area contributed by atoms with E-state index in [1.807, 2.05) is 26.0 Å². The molecule has 0 bridgehead atoms. The van der Waals surface area contributed by atoms with Crippen molar-refractivity contribution >= 4 is 24.0 Å². The van der Waals surface area contributed by atoms with Crippen LogP contribution in [-0.4, -0.2) is 26.1 Å². The number of methoxy groups -OCH3 is 1. The second kappa shape index (κ2) is 8.25. The summed E-state index contributed by atoms with van der Waals surface area (Å²) >= 11 is 0. The van der Waals surface area contributed by atoms with Gasteiger partial charge in [0.25, 0.3) is 0 Å². The molecule has 21 heavy (non-hydrogen) atoms. The van der Waals surface area contributed by atoms with Crippen molar-refractivity contribution < 1.29 is 9.53 Å². The van der Waals surface area contributed by atoms with Gasteiger partial charge < -0.3 is 15.4 Å². The number of aryl methyl sites for hydroxylation is 1. The predicted molar refractivity (Wildman–Crippen MR) is 88.6 cm³/mol. The molecule has 0 atom stereocenters. The summed E-state index contributed by atoms with van der Waals surface area (Å²) in [5.74, 6) is 1.46. The van der Waals surface area contributed by atoms with Crippen LogP contribution in [0.4, 0.5) is 5.69 Å². The Morgan fingerprint density at radius 2 is 2.00 bits per heavy atom. The number of benzene rings is 1. The zero-order chi connectivity index (χ0) is 14.5. The fourth-order valence-corrected chi connectivity index (χ4v) is 2.83. The summed E-state index contributed by atoms with van der Waals surface area (Å²) in [6.45, 7) is 6.03. The minimum absolute atomic E-state index is 0. The van der Waals surface area contributed by atoms with E-state index in [1.54, 1.807) is 7.11 Å². The average molecular weight is 313 g/mol. The molecule has 2 rings (SSSR count). The summed E-state index contributed by atoms with van der Waals surface area (Å²) in [5, 5.41) is 6.34. The first kappa shape index (κ1) is 17.8. The number of carbonyl (C=O) groups is 1. The Morgan fingerprint density at radius 3 is 2.62 bits per heavy atom. The summed E-state index contributed by atoms with van der Waals surface area (Å²) in [5.41, 5.74) is 2.93. The van der Waals surface area contributed by atoms with Gasteiger partial charge in [-0.2, -0.15) is 0 Å². The van der Waals surface area contributed by atoms with Crippen LogP contribution < -0.4 is 15.4 Å². The highest BCUT2D eigenvalue weighted by molar-refractivity contribution is 5.92. The van der Waals surface area contributed by atoms with Crippen molar-refractivity contribution in [3.63, 3.8) is 0 Å². The minimum Gasteiger partial charge on any atom is -0.496 e. The molecule has 5 heteroatoms. The third kappa shape index (κ3) is 4.61. The van der Waals surface area contributed by atoms with Gasteiger partial charge in [-0.15, -0.1) is 12.4 Å². The Labute approximate surface area is 133 Å². The van der Waals surface area contributed by atoms with E-state index in [-0.39, 0.29) is 18.3 Å². The number of ether oxygens (including phenoxy) is 1. The lowest BCUT2D eigenvalue weighted by molar-refractivity contribution is -0.117. The third-order valence-corrected chi connectivity index (χ3v) is 4.01. The predicted octanol–water partition coefficient (Wildman–Crippen LogP) is 3.06. The van der Waals surface area contributed by atoms with Crippen LogP contribution in [0.2, 0.25) is 0 Å². The Bertz CT molecular complexity index is 485. The highest BCUT2D eigenvalue weighted by Crippen LogP contribution is 2.29. The Hall–Kier alpha value is -1.26. The molecule has 0 radical (unpaired) electrons. The number of amides is 1. The summed E-state index contributed by atoms with van der Waals surface area (Å²) in [7, 11) is 1.66. The number of hydrogen-bond donors (Lipinski definition) is 2. The van der Waals surface area contributed by atoms with Crippen LogP contribution in [0.1, 0.15) is 30.4 Å². The molecule has 0 spiro atoms. The second-order valence-electron chi connectivity index (χ2n) is 5.53. The van der Waals surface area contributed by atoms with E-state index >= 15 is 0 Å². The van der Waals surface area contributed by atoms with Gasteiger partial charge in [0.1, 0.15) is 5.75 Å². The molecular formula is C16H25ClN2O2. The highest BCUT2D eigenvalue weighted by Gasteiger charge is 2.17. The maximum atomic E-state index is 12.1. The van der Waals surface area contributed by atoms with Crippen LogP contribution in [0.5, 0.6) is 5.75 Å². The lowest BCUT2D eigenvalue weighted by Gasteiger charge is -2.22. The van der Waals surface area contributed by atoms with Gasteiger partial charge in [0.2, 0.25) is 5.91 Å². The molecule has 0 aromatic heterocycles. The van der Waals surface area contributed by atoms with Crippen molar-refractivity contribution in [2.45, 2.75) is 33.1 Å². The lowest BCUT2D eigenvalue weighted by Crippen LogP contribution is -2.30. The Morgan fingerprint density at radius 1 is 1.33 bits per heavy atom. The normalized spacial score (nSPS) is 15.2. The topological polar surface area (TPSA) is 50.4 Å². The molecule has 0 aliphatic carbocycles. The standard InChI is InChI=1S/C16H24N2O2.ClH/c1-11-4-5-14(12(2)16(11)20-3)18-15(19)10-13-6-8-17-9-7-13;/h4-5,13,17H,6-10H2,1-3H3,(H,18,19);1H. The van der Waals surface area contributed by atoms with Crippen LogP contribution in [0, 0.1) is 19.8 Å². The van der Waals surface area contributed by atoms with Crippen LogP contribution in [0.25, 0.3) is 0 Å². The average Bonchev–Trinajstić information content (AvgIpc) is 2.44. The van der Waals surface area contributed by atoms with Crippen LogP contribution in [0.3, 0.4) is 0 Å². The smallest absolute Gasteiger partial charge is 0.224 e. The lowest BCUT2D eigenvalue weighted by atomic mass is 9.94. The molecule has 1 heterocycles. The molecule has 1 aliphatic heterocycles. The van der Waals surface area contributed by atoms with Crippen molar-refractivity contribution in [1.82, 2.24) is 5.32 Å². The fraction of sp³-hybridized carbons (Fsp3) is 0.562. The third-order valence-electron chi connectivity index (χ3n) is 4.01. The second-order valence-corrected chi connectivity index (χ2v) is 5.53. The van der Waals surface area contributed by atoms with Crippen LogP contribution in [0.15, 0.2) is 12.1 Å². The molecule has 1 aliphatic rings. The van der Waals surface area contributed by atoms with Crippen molar-refractivity contribution in [2.75, 3.05) is 25.5 Å². The van der Waals surface area contributed by atoms with Crippen molar-refractivity contribution in [3.05, 3.63) is 23.3 Å². The number of piperidine rings is 1. The fourth-order valence-electron chi connectivity index (χ4n) is 2.83. The van der Waals surface area contributed by atoms with Gasteiger partial charge in [0, 0.05) is 17.7 Å². The molecule has 0 saturated carbocycles. The van der Waals surface area contributed by atoms with E-state index in [0.29, 0.717) is 12.3 Å². The maximum absolute atomic E-state index is 12.1. The molecule has 1 amide bonds.